The summed E-state index contributed by atoms with van der Waals surface area (Å²) in [6.07, 6.45) is 3.75. The Bertz CT molecular complexity index is 567. The molecule has 0 aromatic carbocycles. The molecule has 1 amide bonds. The largest absolute Gasteiger partial charge is 0.350 e. The lowest BCUT2D eigenvalue weighted by molar-refractivity contribution is -0.136. The second-order valence-electron chi connectivity index (χ2n) is 7.94. The van der Waals surface area contributed by atoms with Gasteiger partial charge in [0.1, 0.15) is 0 Å². The normalized spacial score (nSPS) is 20.4. The number of carbonyl (C=O) groups is 1. The Morgan fingerprint density at radius 2 is 1.88 bits per heavy atom. The first-order valence-corrected chi connectivity index (χ1v) is 9.27. The van der Waals surface area contributed by atoms with Crippen LogP contribution in [0.3, 0.4) is 0 Å². The molecule has 2 aliphatic rings. The molecule has 1 aromatic heterocycles. The van der Waals surface area contributed by atoms with Crippen LogP contribution in [-0.4, -0.2) is 53.5 Å². The second kappa shape index (κ2) is 7.83. The van der Waals surface area contributed by atoms with E-state index in [0.29, 0.717) is 43.7 Å². The van der Waals surface area contributed by atoms with Crippen molar-refractivity contribution in [2.75, 3.05) is 26.3 Å². The molecule has 0 unspecified atom stereocenters. The van der Waals surface area contributed by atoms with Gasteiger partial charge in [-0.1, -0.05) is 25.9 Å². The number of nitrogens with zero attached hydrogens (tertiary/aromatic N) is 3. The van der Waals surface area contributed by atoms with Crippen molar-refractivity contribution in [1.82, 2.24) is 15.0 Å². The monoisotopic (exact) mass is 351 g/mol. The molecule has 7 nitrogen and oxygen atoms in total. The summed E-state index contributed by atoms with van der Waals surface area (Å²) in [6.45, 7) is 9.12. The lowest BCUT2D eigenvalue weighted by Gasteiger charge is -2.33. The molecule has 3 heterocycles. The predicted octanol–water partition coefficient (Wildman–Crippen LogP) is 2.30. The fraction of sp³-hybridized carbons (Fsp3) is 0.833. The van der Waals surface area contributed by atoms with Crippen LogP contribution in [0.5, 0.6) is 0 Å². The van der Waals surface area contributed by atoms with Crippen molar-refractivity contribution >= 4 is 5.91 Å². The average molecular weight is 351 g/mol. The molecule has 0 aliphatic carbocycles. The molecular formula is C18H29N3O4. The summed E-state index contributed by atoms with van der Waals surface area (Å²) >= 11 is 0. The highest BCUT2D eigenvalue weighted by atomic mass is 16.7. The quantitative estimate of drug-likeness (QED) is 0.810. The van der Waals surface area contributed by atoms with Gasteiger partial charge in [0.2, 0.25) is 11.8 Å². The van der Waals surface area contributed by atoms with Gasteiger partial charge in [0.05, 0.1) is 13.2 Å². The van der Waals surface area contributed by atoms with Crippen LogP contribution in [0.1, 0.15) is 58.2 Å². The zero-order valence-electron chi connectivity index (χ0n) is 15.5. The fourth-order valence-corrected chi connectivity index (χ4v) is 3.28. The van der Waals surface area contributed by atoms with Crippen LogP contribution in [-0.2, 0) is 26.1 Å². The van der Waals surface area contributed by atoms with Crippen LogP contribution in [0.2, 0.25) is 0 Å². The van der Waals surface area contributed by atoms with Crippen molar-refractivity contribution < 1.29 is 18.8 Å². The Balaban J connectivity index is 1.37. The van der Waals surface area contributed by atoms with Gasteiger partial charge in [-0.05, 0) is 19.3 Å². The van der Waals surface area contributed by atoms with E-state index in [0.717, 1.165) is 32.4 Å². The van der Waals surface area contributed by atoms with Gasteiger partial charge in [-0.15, -0.1) is 0 Å². The number of carbonyl (C=O) groups excluding carboxylic acids is 1. The number of likely N-dealkylation sites (tertiary alicyclic amines) is 1. The van der Waals surface area contributed by atoms with E-state index in [1.54, 1.807) is 0 Å². The van der Waals surface area contributed by atoms with Crippen LogP contribution in [0.15, 0.2) is 4.52 Å². The standard InChI is InChI=1S/C18H29N3O4/c1-18(2,3)17-19-14(25-20-17)5-4-6-15(22)21-9-7-13(8-10-21)16-23-11-12-24-16/h13,16H,4-12H2,1-3H3. The zero-order valence-corrected chi connectivity index (χ0v) is 15.5. The van der Waals surface area contributed by atoms with Gasteiger partial charge in [0.25, 0.3) is 0 Å². The third-order valence-corrected chi connectivity index (χ3v) is 4.84. The summed E-state index contributed by atoms with van der Waals surface area (Å²) in [5.41, 5.74) is -0.116. The lowest BCUT2D eigenvalue weighted by atomic mass is 9.96. The third-order valence-electron chi connectivity index (χ3n) is 4.84. The molecule has 7 heteroatoms. The van der Waals surface area contributed by atoms with Crippen LogP contribution < -0.4 is 0 Å². The van der Waals surface area contributed by atoms with Gasteiger partial charge < -0.3 is 18.9 Å². The first kappa shape index (κ1) is 18.3. The van der Waals surface area contributed by atoms with Crippen LogP contribution in [0.25, 0.3) is 0 Å². The van der Waals surface area contributed by atoms with E-state index in [4.69, 9.17) is 14.0 Å². The molecule has 140 valence electrons. The molecule has 25 heavy (non-hydrogen) atoms. The first-order valence-electron chi connectivity index (χ1n) is 9.27. The molecule has 2 aliphatic heterocycles. The third kappa shape index (κ3) is 4.79. The number of aryl methyl sites for hydroxylation is 1. The maximum Gasteiger partial charge on any atom is 0.226 e. The van der Waals surface area contributed by atoms with Gasteiger partial charge in [0, 0.05) is 37.3 Å². The van der Waals surface area contributed by atoms with Gasteiger partial charge in [0.15, 0.2) is 12.1 Å². The molecular weight excluding hydrogens is 322 g/mol. The Morgan fingerprint density at radius 1 is 1.20 bits per heavy atom. The van der Waals surface area contributed by atoms with E-state index in [-0.39, 0.29) is 17.6 Å². The molecule has 2 fully saturated rings. The van der Waals surface area contributed by atoms with Crippen LogP contribution >= 0.6 is 0 Å². The van der Waals surface area contributed by atoms with E-state index in [1.807, 2.05) is 4.90 Å². The van der Waals surface area contributed by atoms with Gasteiger partial charge in [-0.2, -0.15) is 4.98 Å². The van der Waals surface area contributed by atoms with E-state index in [1.165, 1.54) is 0 Å². The highest BCUT2D eigenvalue weighted by molar-refractivity contribution is 5.76. The molecule has 3 rings (SSSR count). The minimum atomic E-state index is -0.116. The van der Waals surface area contributed by atoms with Crippen molar-refractivity contribution in [2.24, 2.45) is 5.92 Å². The van der Waals surface area contributed by atoms with E-state index in [2.05, 4.69) is 30.9 Å². The van der Waals surface area contributed by atoms with E-state index in [9.17, 15) is 4.79 Å². The summed E-state index contributed by atoms with van der Waals surface area (Å²) in [7, 11) is 0. The maximum atomic E-state index is 12.4. The number of hydrogen-bond donors (Lipinski definition) is 0. The summed E-state index contributed by atoms with van der Waals surface area (Å²) in [4.78, 5) is 18.8. The summed E-state index contributed by atoms with van der Waals surface area (Å²) in [6, 6.07) is 0. The van der Waals surface area contributed by atoms with Crippen LogP contribution in [0, 0.1) is 5.92 Å². The average Bonchev–Trinajstić information content (AvgIpc) is 3.26. The Morgan fingerprint density at radius 3 is 2.48 bits per heavy atom. The molecule has 0 N–H and O–H groups in total. The molecule has 1 aromatic rings. The fourth-order valence-electron chi connectivity index (χ4n) is 3.28. The number of aromatic nitrogens is 2. The molecule has 2 saturated heterocycles. The minimum Gasteiger partial charge on any atom is -0.350 e. The molecule has 0 spiro atoms. The summed E-state index contributed by atoms with van der Waals surface area (Å²) in [5.74, 6) is 1.96. The van der Waals surface area contributed by atoms with Crippen molar-refractivity contribution in [3.8, 4) is 0 Å². The Labute approximate surface area is 149 Å². The summed E-state index contributed by atoms with van der Waals surface area (Å²) in [5, 5.41) is 4.02. The minimum absolute atomic E-state index is 0.0632. The van der Waals surface area contributed by atoms with Gasteiger partial charge in [-0.3, -0.25) is 4.79 Å². The molecule has 0 radical (unpaired) electrons. The smallest absolute Gasteiger partial charge is 0.226 e. The van der Waals surface area contributed by atoms with Crippen LogP contribution in [0.4, 0.5) is 0 Å². The Kier molecular flexibility index (Phi) is 5.74. The van der Waals surface area contributed by atoms with Gasteiger partial charge >= 0.3 is 0 Å². The Hall–Kier alpha value is -1.47. The van der Waals surface area contributed by atoms with Crippen molar-refractivity contribution in [1.29, 1.82) is 0 Å². The highest BCUT2D eigenvalue weighted by Crippen LogP contribution is 2.26. The first-order chi connectivity index (χ1) is 11.9. The molecule has 0 atom stereocenters. The number of hydrogen-bond acceptors (Lipinski definition) is 6. The molecule has 0 bridgehead atoms. The maximum absolute atomic E-state index is 12.4. The lowest BCUT2D eigenvalue weighted by Crippen LogP contribution is -2.41. The second-order valence-corrected chi connectivity index (χ2v) is 7.94. The van der Waals surface area contributed by atoms with Crippen molar-refractivity contribution in [2.45, 2.75) is 64.6 Å². The van der Waals surface area contributed by atoms with E-state index < -0.39 is 0 Å². The molecule has 0 saturated carbocycles. The topological polar surface area (TPSA) is 77.7 Å². The zero-order chi connectivity index (χ0) is 17.9. The van der Waals surface area contributed by atoms with Gasteiger partial charge in [-0.25, -0.2) is 0 Å². The van der Waals surface area contributed by atoms with E-state index >= 15 is 0 Å². The number of ether oxygens (including phenoxy) is 2. The number of rotatable bonds is 5. The highest BCUT2D eigenvalue weighted by Gasteiger charge is 2.31. The number of piperidine rings is 1. The predicted molar refractivity (Wildman–Crippen MR) is 90.9 cm³/mol. The van der Waals surface area contributed by atoms with Crippen molar-refractivity contribution in [3.63, 3.8) is 0 Å². The SMILES string of the molecule is CC(C)(C)c1noc(CCCC(=O)N2CCC(C3OCCO3)CC2)n1. The van der Waals surface area contributed by atoms with Crippen molar-refractivity contribution in [3.05, 3.63) is 11.7 Å². The summed E-state index contributed by atoms with van der Waals surface area (Å²) < 4.78 is 16.4. The number of amides is 1.